The van der Waals surface area contributed by atoms with Crippen molar-refractivity contribution in [1.29, 1.82) is 0 Å². The Bertz CT molecular complexity index is 1170. The zero-order chi connectivity index (χ0) is 23.6. The Morgan fingerprint density at radius 1 is 1.06 bits per heavy atom. The summed E-state index contributed by atoms with van der Waals surface area (Å²) in [7, 11) is 0. The number of hydrogen-bond acceptors (Lipinski definition) is 4. The van der Waals surface area contributed by atoms with Gasteiger partial charge in [0.15, 0.2) is 0 Å². The SMILES string of the molecule is Cc1ccc(C(C)(C)C(=O)N2CCOC(c3cccc(-c4cccc(C(N)=O)c4)n3)C2)cc1. The van der Waals surface area contributed by atoms with Gasteiger partial charge in [-0.05, 0) is 50.6 Å². The van der Waals surface area contributed by atoms with Crippen molar-refractivity contribution in [3.63, 3.8) is 0 Å². The predicted molar refractivity (Wildman–Crippen MR) is 128 cm³/mol. The standard InChI is InChI=1S/C27H29N3O3/c1-18-10-12-21(13-11-18)27(2,3)26(32)30-14-15-33-24(17-30)23-9-5-8-22(29-23)19-6-4-7-20(16-19)25(28)31/h4-13,16,24H,14-15,17H2,1-3H3,(H2,28,31). The number of morpholine rings is 1. The highest BCUT2D eigenvalue weighted by molar-refractivity contribution is 5.94. The first kappa shape index (κ1) is 22.7. The van der Waals surface area contributed by atoms with Crippen LogP contribution in [0.5, 0.6) is 0 Å². The molecule has 33 heavy (non-hydrogen) atoms. The van der Waals surface area contributed by atoms with E-state index in [0.717, 1.165) is 22.5 Å². The van der Waals surface area contributed by atoms with E-state index >= 15 is 0 Å². The van der Waals surface area contributed by atoms with E-state index in [1.807, 2.05) is 74.2 Å². The van der Waals surface area contributed by atoms with Crippen LogP contribution in [-0.2, 0) is 14.9 Å². The largest absolute Gasteiger partial charge is 0.368 e. The number of nitrogens with two attached hydrogens (primary N) is 1. The van der Waals surface area contributed by atoms with E-state index in [2.05, 4.69) is 0 Å². The van der Waals surface area contributed by atoms with Gasteiger partial charge in [0.05, 0.1) is 30.0 Å². The Morgan fingerprint density at radius 3 is 2.52 bits per heavy atom. The molecule has 1 aliphatic rings. The fourth-order valence-corrected chi connectivity index (χ4v) is 4.13. The lowest BCUT2D eigenvalue weighted by molar-refractivity contribution is -0.144. The van der Waals surface area contributed by atoms with Crippen LogP contribution >= 0.6 is 0 Å². The van der Waals surface area contributed by atoms with Crippen molar-refractivity contribution < 1.29 is 14.3 Å². The molecular weight excluding hydrogens is 414 g/mol. The van der Waals surface area contributed by atoms with Gasteiger partial charge in [-0.25, -0.2) is 4.98 Å². The summed E-state index contributed by atoms with van der Waals surface area (Å²) in [6, 6.07) is 20.9. The average Bonchev–Trinajstić information content (AvgIpc) is 2.84. The fraction of sp³-hybridized carbons (Fsp3) is 0.296. The number of carbonyl (C=O) groups is 2. The van der Waals surface area contributed by atoms with Gasteiger partial charge in [0.25, 0.3) is 0 Å². The van der Waals surface area contributed by atoms with Crippen LogP contribution in [0, 0.1) is 6.92 Å². The highest BCUT2D eigenvalue weighted by atomic mass is 16.5. The van der Waals surface area contributed by atoms with Crippen LogP contribution in [0.3, 0.4) is 0 Å². The molecule has 0 aliphatic carbocycles. The van der Waals surface area contributed by atoms with Crippen molar-refractivity contribution in [2.75, 3.05) is 19.7 Å². The van der Waals surface area contributed by atoms with Crippen molar-refractivity contribution in [3.8, 4) is 11.3 Å². The van der Waals surface area contributed by atoms with Gasteiger partial charge in [-0.2, -0.15) is 0 Å². The molecule has 2 N–H and O–H groups in total. The van der Waals surface area contributed by atoms with E-state index in [1.54, 1.807) is 18.2 Å². The maximum Gasteiger partial charge on any atom is 0.248 e. The lowest BCUT2D eigenvalue weighted by atomic mass is 9.82. The molecule has 6 heteroatoms. The van der Waals surface area contributed by atoms with Crippen LogP contribution in [0.4, 0.5) is 0 Å². The molecule has 2 amide bonds. The molecule has 2 heterocycles. The second kappa shape index (κ2) is 9.16. The third-order valence-electron chi connectivity index (χ3n) is 6.20. The van der Waals surface area contributed by atoms with Crippen LogP contribution in [-0.4, -0.2) is 41.4 Å². The summed E-state index contributed by atoms with van der Waals surface area (Å²) in [6.45, 7) is 7.40. The van der Waals surface area contributed by atoms with Gasteiger partial charge in [-0.1, -0.05) is 48.0 Å². The molecular formula is C27H29N3O3. The molecule has 0 spiro atoms. The number of carbonyl (C=O) groups excluding carboxylic acids is 2. The van der Waals surface area contributed by atoms with Gasteiger partial charge in [0.1, 0.15) is 6.10 Å². The van der Waals surface area contributed by atoms with Gasteiger partial charge >= 0.3 is 0 Å². The quantitative estimate of drug-likeness (QED) is 0.645. The second-order valence-electron chi connectivity index (χ2n) is 8.99. The summed E-state index contributed by atoms with van der Waals surface area (Å²) in [5.41, 5.74) is 9.66. The average molecular weight is 444 g/mol. The minimum absolute atomic E-state index is 0.0740. The number of benzene rings is 2. The first-order valence-corrected chi connectivity index (χ1v) is 11.1. The summed E-state index contributed by atoms with van der Waals surface area (Å²) in [5.74, 6) is -0.404. The highest BCUT2D eigenvalue weighted by Gasteiger charge is 2.36. The van der Waals surface area contributed by atoms with E-state index in [9.17, 15) is 9.59 Å². The number of rotatable bonds is 5. The number of amides is 2. The number of ether oxygens (including phenoxy) is 1. The molecule has 4 rings (SSSR count). The summed E-state index contributed by atoms with van der Waals surface area (Å²) in [6.07, 6.45) is -0.323. The Morgan fingerprint density at radius 2 is 1.79 bits per heavy atom. The molecule has 1 saturated heterocycles. The van der Waals surface area contributed by atoms with Crippen LogP contribution in [0.15, 0.2) is 66.7 Å². The van der Waals surface area contributed by atoms with E-state index in [0.29, 0.717) is 25.3 Å². The van der Waals surface area contributed by atoms with E-state index in [1.165, 1.54) is 5.56 Å². The molecule has 3 aromatic rings. The van der Waals surface area contributed by atoms with Crippen molar-refractivity contribution in [2.24, 2.45) is 5.73 Å². The second-order valence-corrected chi connectivity index (χ2v) is 8.99. The van der Waals surface area contributed by atoms with Crippen LogP contribution < -0.4 is 5.73 Å². The number of nitrogens with zero attached hydrogens (tertiary/aromatic N) is 2. The van der Waals surface area contributed by atoms with Crippen molar-refractivity contribution in [3.05, 3.63) is 89.1 Å². The first-order valence-electron chi connectivity index (χ1n) is 11.1. The Kier molecular flexibility index (Phi) is 6.29. The maximum absolute atomic E-state index is 13.5. The molecule has 0 radical (unpaired) electrons. The molecule has 1 unspecified atom stereocenters. The zero-order valence-electron chi connectivity index (χ0n) is 19.2. The Balaban J connectivity index is 1.55. The van der Waals surface area contributed by atoms with Crippen molar-refractivity contribution in [2.45, 2.75) is 32.3 Å². The normalized spacial score (nSPS) is 16.5. The number of hydrogen-bond donors (Lipinski definition) is 1. The highest BCUT2D eigenvalue weighted by Crippen LogP contribution is 2.30. The lowest BCUT2D eigenvalue weighted by Crippen LogP contribution is -2.49. The first-order chi connectivity index (χ1) is 15.8. The minimum atomic E-state index is -0.639. The molecule has 0 bridgehead atoms. The van der Waals surface area contributed by atoms with Crippen molar-refractivity contribution >= 4 is 11.8 Å². The third kappa shape index (κ3) is 4.81. The molecule has 1 fully saturated rings. The van der Waals surface area contributed by atoms with Gasteiger partial charge in [0, 0.05) is 17.7 Å². The molecule has 2 aromatic carbocycles. The summed E-state index contributed by atoms with van der Waals surface area (Å²) < 4.78 is 6.00. The molecule has 1 aromatic heterocycles. The molecule has 1 atom stereocenters. The van der Waals surface area contributed by atoms with Crippen LogP contribution in [0.2, 0.25) is 0 Å². The third-order valence-corrected chi connectivity index (χ3v) is 6.20. The molecule has 0 saturated carbocycles. The van der Waals surface area contributed by atoms with Gasteiger partial charge in [-0.3, -0.25) is 9.59 Å². The van der Waals surface area contributed by atoms with Gasteiger partial charge in [0.2, 0.25) is 11.8 Å². The predicted octanol–water partition coefficient (Wildman–Crippen LogP) is 4.03. The number of primary amides is 1. The Hall–Kier alpha value is -3.51. The molecule has 170 valence electrons. The topological polar surface area (TPSA) is 85.5 Å². The fourth-order valence-electron chi connectivity index (χ4n) is 4.13. The van der Waals surface area contributed by atoms with E-state index < -0.39 is 11.3 Å². The molecule has 1 aliphatic heterocycles. The van der Waals surface area contributed by atoms with Crippen molar-refractivity contribution in [1.82, 2.24) is 9.88 Å². The Labute approximate surface area is 194 Å². The van der Waals surface area contributed by atoms with E-state index in [-0.39, 0.29) is 12.0 Å². The summed E-state index contributed by atoms with van der Waals surface area (Å²) >= 11 is 0. The maximum atomic E-state index is 13.5. The number of aromatic nitrogens is 1. The van der Waals surface area contributed by atoms with E-state index in [4.69, 9.17) is 15.5 Å². The summed E-state index contributed by atoms with van der Waals surface area (Å²) in [4.78, 5) is 31.7. The molecule has 6 nitrogen and oxygen atoms in total. The monoisotopic (exact) mass is 443 g/mol. The summed E-state index contributed by atoms with van der Waals surface area (Å²) in [5, 5.41) is 0. The zero-order valence-corrected chi connectivity index (χ0v) is 19.2. The van der Waals surface area contributed by atoms with Gasteiger partial charge < -0.3 is 15.4 Å². The van der Waals surface area contributed by atoms with Gasteiger partial charge in [-0.15, -0.1) is 0 Å². The minimum Gasteiger partial charge on any atom is -0.368 e. The van der Waals surface area contributed by atoms with Crippen LogP contribution in [0.1, 0.15) is 47.1 Å². The lowest BCUT2D eigenvalue weighted by Gasteiger charge is -2.37. The number of pyridine rings is 1. The number of aryl methyl sites for hydroxylation is 1. The van der Waals surface area contributed by atoms with Crippen LogP contribution in [0.25, 0.3) is 11.3 Å². The smallest absolute Gasteiger partial charge is 0.248 e.